The average Bonchev–Trinajstić information content (AvgIpc) is 3.35. The van der Waals surface area contributed by atoms with Crippen LogP contribution in [-0.4, -0.2) is 62.0 Å². The average molecular weight is 403 g/mol. The molecule has 2 saturated heterocycles. The maximum atomic E-state index is 13.4. The van der Waals surface area contributed by atoms with E-state index in [9.17, 15) is 9.59 Å². The molecule has 2 heterocycles. The minimum Gasteiger partial charge on any atom is -0.497 e. The molecule has 2 amide bonds. The van der Waals surface area contributed by atoms with Gasteiger partial charge in [-0.1, -0.05) is 20.8 Å². The molecule has 0 spiro atoms. The molecule has 1 aromatic carbocycles. The Labute approximate surface area is 174 Å². The number of hydrogen-bond acceptors (Lipinski definition) is 4. The summed E-state index contributed by atoms with van der Waals surface area (Å²) in [5, 5.41) is 0. The van der Waals surface area contributed by atoms with Crippen molar-refractivity contribution in [3.05, 3.63) is 23.8 Å². The lowest BCUT2D eigenvalue weighted by molar-refractivity contribution is -0.135. The monoisotopic (exact) mass is 402 g/mol. The second-order valence-corrected chi connectivity index (χ2v) is 9.39. The van der Waals surface area contributed by atoms with Gasteiger partial charge in [-0.05, 0) is 36.5 Å². The van der Waals surface area contributed by atoms with E-state index in [4.69, 9.17) is 9.47 Å². The summed E-state index contributed by atoms with van der Waals surface area (Å²) in [4.78, 5) is 30.1. The second-order valence-electron chi connectivity index (χ2n) is 9.39. The number of hydrogen-bond donors (Lipinski definition) is 0. The van der Waals surface area contributed by atoms with Crippen LogP contribution < -0.4 is 9.47 Å². The van der Waals surface area contributed by atoms with Gasteiger partial charge >= 0.3 is 0 Å². The van der Waals surface area contributed by atoms with E-state index in [-0.39, 0.29) is 29.1 Å². The fourth-order valence-corrected chi connectivity index (χ4v) is 4.44. The number of likely N-dealkylation sites (tertiary alicyclic amines) is 2. The van der Waals surface area contributed by atoms with Crippen molar-refractivity contribution < 1.29 is 19.1 Å². The number of nitrogens with zero attached hydrogens (tertiary/aromatic N) is 2. The summed E-state index contributed by atoms with van der Waals surface area (Å²) in [5.41, 5.74) is 0.854. The van der Waals surface area contributed by atoms with Crippen molar-refractivity contribution in [1.82, 2.24) is 9.80 Å². The highest BCUT2D eigenvalue weighted by Crippen LogP contribution is 2.41. The van der Waals surface area contributed by atoms with Gasteiger partial charge in [0.05, 0.1) is 20.1 Å². The van der Waals surface area contributed by atoms with E-state index in [0.29, 0.717) is 19.5 Å². The van der Waals surface area contributed by atoms with Crippen molar-refractivity contribution in [1.29, 1.82) is 0 Å². The first-order chi connectivity index (χ1) is 13.7. The van der Waals surface area contributed by atoms with Crippen LogP contribution in [0, 0.1) is 11.3 Å². The summed E-state index contributed by atoms with van der Waals surface area (Å²) < 4.78 is 11.0. The van der Waals surface area contributed by atoms with Crippen molar-refractivity contribution >= 4 is 11.8 Å². The standard InChI is InChI=1S/C23H34N2O4/c1-23(2,3)13-21(26)25-14-18(17-12-16(28-4)8-9-20(17)29-5)19(15-25)22(27)24-10-6-7-11-24/h8-9,12,18-19H,6-7,10-11,13-15H2,1-5H3/t18-,19-/m1/s1. The molecule has 160 valence electrons. The summed E-state index contributed by atoms with van der Waals surface area (Å²) in [6.07, 6.45) is 2.58. The van der Waals surface area contributed by atoms with Gasteiger partial charge in [0.15, 0.2) is 0 Å². The lowest BCUT2D eigenvalue weighted by atomic mass is 9.87. The van der Waals surface area contributed by atoms with Crippen molar-refractivity contribution in [2.45, 2.75) is 46.0 Å². The van der Waals surface area contributed by atoms with Crippen molar-refractivity contribution in [3.63, 3.8) is 0 Å². The molecule has 2 fully saturated rings. The van der Waals surface area contributed by atoms with Gasteiger partial charge in [0.25, 0.3) is 0 Å². The molecule has 0 radical (unpaired) electrons. The number of amides is 2. The minimum atomic E-state index is -0.252. The summed E-state index contributed by atoms with van der Waals surface area (Å²) in [6.45, 7) is 8.82. The van der Waals surface area contributed by atoms with Crippen LogP contribution in [0.5, 0.6) is 11.5 Å². The van der Waals surface area contributed by atoms with Crippen molar-refractivity contribution in [2.24, 2.45) is 11.3 Å². The zero-order chi connectivity index (χ0) is 21.2. The minimum absolute atomic E-state index is 0.0860. The predicted octanol–water partition coefficient (Wildman–Crippen LogP) is 3.30. The highest BCUT2D eigenvalue weighted by atomic mass is 16.5. The lowest BCUT2D eigenvalue weighted by Crippen LogP contribution is -2.38. The second kappa shape index (κ2) is 8.64. The molecular formula is C23H34N2O4. The van der Waals surface area contributed by atoms with E-state index in [1.54, 1.807) is 14.2 Å². The quantitative estimate of drug-likeness (QED) is 0.758. The first kappa shape index (κ1) is 21.5. The van der Waals surface area contributed by atoms with Crippen molar-refractivity contribution in [3.8, 4) is 11.5 Å². The molecule has 0 N–H and O–H groups in total. The van der Waals surface area contributed by atoms with Gasteiger partial charge in [0.1, 0.15) is 11.5 Å². The number of ether oxygens (including phenoxy) is 2. The Morgan fingerprint density at radius 1 is 1.03 bits per heavy atom. The van der Waals surface area contributed by atoms with E-state index >= 15 is 0 Å². The topological polar surface area (TPSA) is 59.1 Å². The maximum Gasteiger partial charge on any atom is 0.228 e. The van der Waals surface area contributed by atoms with Gasteiger partial charge in [0.2, 0.25) is 11.8 Å². The molecule has 0 unspecified atom stereocenters. The van der Waals surface area contributed by atoms with E-state index in [2.05, 4.69) is 20.8 Å². The molecular weight excluding hydrogens is 368 g/mol. The van der Waals surface area contributed by atoms with Crippen molar-refractivity contribution in [2.75, 3.05) is 40.4 Å². The summed E-state index contributed by atoms with van der Waals surface area (Å²) >= 11 is 0. The van der Waals surface area contributed by atoms with Crippen LogP contribution in [0.15, 0.2) is 18.2 Å². The van der Waals surface area contributed by atoms with E-state index < -0.39 is 0 Å². The number of methoxy groups -OCH3 is 2. The maximum absolute atomic E-state index is 13.4. The van der Waals surface area contributed by atoms with E-state index in [1.165, 1.54) is 0 Å². The SMILES string of the molecule is COc1ccc(OC)c([C@H]2CN(C(=O)CC(C)(C)C)C[C@H]2C(=O)N2CCCC2)c1. The first-order valence-corrected chi connectivity index (χ1v) is 10.5. The summed E-state index contributed by atoms with van der Waals surface area (Å²) in [5.74, 6) is 1.38. The molecule has 29 heavy (non-hydrogen) atoms. The zero-order valence-corrected chi connectivity index (χ0v) is 18.4. The van der Waals surface area contributed by atoms with Crippen LogP contribution in [0.3, 0.4) is 0 Å². The summed E-state index contributed by atoms with van der Waals surface area (Å²) in [7, 11) is 3.27. The molecule has 2 atom stereocenters. The third-order valence-corrected chi connectivity index (χ3v) is 5.93. The normalized spacial score (nSPS) is 22.1. The van der Waals surface area contributed by atoms with Gasteiger partial charge in [-0.3, -0.25) is 9.59 Å². The Balaban J connectivity index is 1.92. The Bertz CT molecular complexity index is 750. The molecule has 2 aliphatic rings. The van der Waals surface area contributed by atoms with E-state index in [0.717, 1.165) is 43.0 Å². The number of carbonyl (C=O) groups excluding carboxylic acids is 2. The largest absolute Gasteiger partial charge is 0.497 e. The molecule has 6 nitrogen and oxygen atoms in total. The molecule has 0 bridgehead atoms. The number of rotatable bonds is 5. The molecule has 0 aliphatic carbocycles. The molecule has 0 aromatic heterocycles. The predicted molar refractivity (Wildman–Crippen MR) is 112 cm³/mol. The van der Waals surface area contributed by atoms with Gasteiger partial charge < -0.3 is 19.3 Å². The first-order valence-electron chi connectivity index (χ1n) is 10.5. The van der Waals surface area contributed by atoms with Gasteiger partial charge in [-0.15, -0.1) is 0 Å². The Morgan fingerprint density at radius 2 is 1.72 bits per heavy atom. The van der Waals surface area contributed by atoms with Gasteiger partial charge in [0, 0.05) is 44.1 Å². The number of benzene rings is 1. The Kier molecular flexibility index (Phi) is 6.39. The Morgan fingerprint density at radius 3 is 2.31 bits per heavy atom. The van der Waals surface area contributed by atoms with E-state index in [1.807, 2.05) is 28.0 Å². The fourth-order valence-electron chi connectivity index (χ4n) is 4.44. The molecule has 6 heteroatoms. The lowest BCUT2D eigenvalue weighted by Gasteiger charge is -2.25. The highest BCUT2D eigenvalue weighted by Gasteiger charge is 2.43. The van der Waals surface area contributed by atoms with Crippen LogP contribution in [0.4, 0.5) is 0 Å². The molecule has 0 saturated carbocycles. The molecule has 3 rings (SSSR count). The van der Waals surface area contributed by atoms with Gasteiger partial charge in [-0.25, -0.2) is 0 Å². The van der Waals surface area contributed by atoms with Crippen LogP contribution >= 0.6 is 0 Å². The highest BCUT2D eigenvalue weighted by molar-refractivity contribution is 5.84. The van der Waals surface area contributed by atoms with Crippen LogP contribution in [0.2, 0.25) is 0 Å². The third-order valence-electron chi connectivity index (χ3n) is 5.93. The Hall–Kier alpha value is -2.24. The van der Waals surface area contributed by atoms with Crippen LogP contribution in [-0.2, 0) is 9.59 Å². The molecule has 1 aromatic rings. The van der Waals surface area contributed by atoms with Crippen LogP contribution in [0.25, 0.3) is 0 Å². The smallest absolute Gasteiger partial charge is 0.228 e. The van der Waals surface area contributed by atoms with Gasteiger partial charge in [-0.2, -0.15) is 0 Å². The fraction of sp³-hybridized carbons (Fsp3) is 0.652. The zero-order valence-electron chi connectivity index (χ0n) is 18.4. The third kappa shape index (κ3) is 4.85. The molecule has 2 aliphatic heterocycles. The number of carbonyl (C=O) groups is 2. The summed E-state index contributed by atoms with van der Waals surface area (Å²) in [6, 6.07) is 5.69. The van der Waals surface area contributed by atoms with Crippen LogP contribution in [0.1, 0.15) is 51.5 Å².